The normalized spacial score (nSPS) is 21.0. The van der Waals surface area contributed by atoms with Gasteiger partial charge in [-0.05, 0) is 221 Å². The summed E-state index contributed by atoms with van der Waals surface area (Å²) in [7, 11) is 0. The van der Waals surface area contributed by atoms with E-state index in [0.717, 1.165) is 23.4 Å². The molecule has 11 aromatic rings. The molecule has 108 heavy (non-hydrogen) atoms. The van der Waals surface area contributed by atoms with Crippen molar-refractivity contribution in [2.75, 3.05) is 0 Å². The average molecular weight is 1440 g/mol. The SMILES string of the molecule is Cc1ccccc1-n1c(C)c2[n+](c1C)C(C)(C)C=C2.Cc1ccccc1-n1c(C)c2[n+](c1C)C(C)(C1CCCC1)C=C2.Cc1ccccc1-n1c(C)c2[n+](c1C)C(C)(C1CCCCC1)C=C2.Cc1ccccc1-n1c(C)c2[n+](c1C)C(C)(c1ccccc1)C=C2.[2H]C1(C)C=Cc2c(C)n(-c3ccccc3C)c(C)[n+]21. The van der Waals surface area contributed by atoms with Crippen LogP contribution in [0.15, 0.2) is 182 Å². The minimum atomic E-state index is -0.682. The number of rotatable bonds is 8. The molecule has 7 aliphatic rings. The van der Waals surface area contributed by atoms with Crippen LogP contribution in [-0.2, 0) is 22.2 Å². The van der Waals surface area contributed by atoms with Crippen LogP contribution in [0.4, 0.5) is 0 Å². The van der Waals surface area contributed by atoms with Gasteiger partial charge in [0.15, 0.2) is 62.5 Å². The number of aryl methyl sites for hydroxylation is 5. The molecule has 0 amide bonds. The van der Waals surface area contributed by atoms with Gasteiger partial charge in [0.25, 0.3) is 29.1 Å². The van der Waals surface area contributed by atoms with Crippen molar-refractivity contribution in [1.29, 1.82) is 0 Å². The first-order valence-corrected chi connectivity index (χ1v) is 40.0. The van der Waals surface area contributed by atoms with Crippen LogP contribution in [0.2, 0.25) is 0 Å². The number of hydrogen-bond donors (Lipinski definition) is 0. The monoisotopic (exact) mass is 1440 g/mol. The summed E-state index contributed by atoms with van der Waals surface area (Å²) in [5, 5.41) is 0. The zero-order valence-corrected chi connectivity index (χ0v) is 68.7. The molecular weight excluding hydrogens is 1320 g/mol. The van der Waals surface area contributed by atoms with Gasteiger partial charge in [-0.3, -0.25) is 0 Å². The Morgan fingerprint density at radius 1 is 0.315 bits per heavy atom. The van der Waals surface area contributed by atoms with Crippen LogP contribution in [0.25, 0.3) is 58.8 Å². The van der Waals surface area contributed by atoms with E-state index in [1.165, 1.54) is 194 Å². The fourth-order valence-corrected chi connectivity index (χ4v) is 20.2. The summed E-state index contributed by atoms with van der Waals surface area (Å²) < 4.78 is 32.5. The number of allylic oxidation sites excluding steroid dienone is 5. The van der Waals surface area contributed by atoms with Crippen molar-refractivity contribution >= 4 is 30.4 Å². The second kappa shape index (κ2) is 29.2. The van der Waals surface area contributed by atoms with Crippen molar-refractivity contribution in [3.8, 4) is 28.4 Å². The summed E-state index contributed by atoms with van der Waals surface area (Å²) in [4.78, 5) is 0. The largest absolute Gasteiger partial charge is 0.260 e. The molecule has 2 aliphatic carbocycles. The Balaban J connectivity index is 0.000000114. The Kier molecular flexibility index (Phi) is 19.9. The van der Waals surface area contributed by atoms with Crippen LogP contribution >= 0.6 is 0 Å². The van der Waals surface area contributed by atoms with Gasteiger partial charge in [0.2, 0.25) is 0 Å². The van der Waals surface area contributed by atoms with Crippen molar-refractivity contribution in [2.24, 2.45) is 11.8 Å². The van der Waals surface area contributed by atoms with Crippen molar-refractivity contribution in [3.05, 3.63) is 301 Å². The predicted molar refractivity (Wildman–Crippen MR) is 445 cm³/mol. The topological polar surface area (TPSA) is 44.0 Å². The van der Waals surface area contributed by atoms with Gasteiger partial charge in [-0.15, -0.1) is 0 Å². The number of nitrogens with zero attached hydrogens (tertiary/aromatic N) is 10. The maximum absolute atomic E-state index is 8.40. The molecule has 0 N–H and O–H groups in total. The number of para-hydroxylation sites is 5. The summed E-state index contributed by atoms with van der Waals surface area (Å²) in [6, 6.07) is 53.0. The molecule has 18 rings (SSSR count). The maximum atomic E-state index is 8.40. The Bertz CT molecular complexity index is 5370. The first-order valence-electron chi connectivity index (χ1n) is 40.5. The molecule has 5 aromatic heterocycles. The molecule has 556 valence electrons. The van der Waals surface area contributed by atoms with Gasteiger partial charge >= 0.3 is 0 Å². The molecule has 10 heterocycles. The number of hydrogen-bond acceptors (Lipinski definition) is 0. The van der Waals surface area contributed by atoms with Gasteiger partial charge in [0.1, 0.15) is 51.1 Å². The fourth-order valence-electron chi connectivity index (χ4n) is 20.2. The van der Waals surface area contributed by atoms with Crippen LogP contribution < -0.4 is 22.8 Å². The first kappa shape index (κ1) is 73.6. The first-order chi connectivity index (χ1) is 52.0. The lowest BCUT2D eigenvalue weighted by molar-refractivity contribution is -0.759. The van der Waals surface area contributed by atoms with Crippen LogP contribution in [0.5, 0.6) is 0 Å². The summed E-state index contributed by atoms with van der Waals surface area (Å²) >= 11 is 0. The molecule has 0 saturated heterocycles. The van der Waals surface area contributed by atoms with Gasteiger partial charge in [-0.25, -0.2) is 22.8 Å². The lowest BCUT2D eigenvalue weighted by Crippen LogP contribution is -2.58. The average Bonchev–Trinajstić information content (AvgIpc) is 1.59. The van der Waals surface area contributed by atoms with Gasteiger partial charge in [0, 0.05) is 86.6 Å². The maximum Gasteiger partial charge on any atom is 0.260 e. The highest BCUT2D eigenvalue weighted by molar-refractivity contribution is 5.58. The number of aromatic nitrogens is 10. The zero-order chi connectivity index (χ0) is 77.6. The fraction of sp³-hybridized carbons (Fsp3) is 0.378. The number of fused-ring (bicyclic) bond motifs is 5. The van der Waals surface area contributed by atoms with Crippen LogP contribution in [-0.4, -0.2) is 22.8 Å². The Morgan fingerprint density at radius 3 is 0.981 bits per heavy atom. The van der Waals surface area contributed by atoms with Crippen molar-refractivity contribution in [2.45, 2.75) is 231 Å². The van der Waals surface area contributed by atoms with Gasteiger partial charge in [-0.1, -0.05) is 153 Å². The third-order valence-electron chi connectivity index (χ3n) is 25.9. The van der Waals surface area contributed by atoms with Crippen LogP contribution in [0.3, 0.4) is 0 Å². The summed E-state index contributed by atoms with van der Waals surface area (Å²) in [5.41, 5.74) is 27.5. The molecule has 2 fully saturated rings. The Labute approximate surface area is 646 Å². The van der Waals surface area contributed by atoms with Gasteiger partial charge < -0.3 is 0 Å². The summed E-state index contributed by atoms with van der Waals surface area (Å²) in [5.74, 6) is 7.89. The van der Waals surface area contributed by atoms with E-state index in [9.17, 15) is 0 Å². The molecule has 0 radical (unpaired) electrons. The lowest BCUT2D eigenvalue weighted by Gasteiger charge is -2.34. The van der Waals surface area contributed by atoms with Crippen molar-refractivity contribution in [1.82, 2.24) is 22.8 Å². The van der Waals surface area contributed by atoms with E-state index in [1.807, 2.05) is 13.0 Å². The number of imidazole rings is 5. The van der Waals surface area contributed by atoms with E-state index >= 15 is 0 Å². The molecule has 6 aromatic carbocycles. The van der Waals surface area contributed by atoms with E-state index in [1.54, 1.807) is 0 Å². The van der Waals surface area contributed by atoms with Crippen molar-refractivity contribution in [3.63, 3.8) is 0 Å². The smallest absolute Gasteiger partial charge is 0.221 e. The third kappa shape index (κ3) is 12.5. The van der Waals surface area contributed by atoms with Gasteiger partial charge in [0.05, 0.1) is 1.37 Å². The number of benzene rings is 6. The van der Waals surface area contributed by atoms with Crippen LogP contribution in [0.1, 0.15) is 226 Å². The van der Waals surface area contributed by atoms with E-state index in [2.05, 4.69) is 390 Å². The summed E-state index contributed by atoms with van der Waals surface area (Å²) in [6.45, 7) is 46.7. The minimum Gasteiger partial charge on any atom is -0.221 e. The van der Waals surface area contributed by atoms with Crippen molar-refractivity contribution < 1.29 is 24.2 Å². The quantitative estimate of drug-likeness (QED) is 0.136. The standard InChI is InChI=1S/C22H29N2.C22H23N2.C21H27N2.C17H21N2.C16H19N2/c2*1-16-10-8-9-13-20(16)23-17(2)21-14-15-22(4,24(21)18(23)3)19-11-6-5-7-12-19;1-15-9-5-8-12-19(15)22-16(2)20-13-14-21(4,23(20)17(22)3)18-10-6-7-11-18;1-12-8-6-7-9-15(12)18-13(2)16-10-11-17(4,5)19(16)14(18)3;1-11-7-5-6-8-15(11)18-13(3)16-10-9-12(2)17(16)14(18)4/h8-10,13-15,19H,5-7,11-12H2,1-4H3;5-15H,1-4H3;5,8-9,12-14,18H,6-7,10-11H2,1-4H3;6-11H,1-5H3;5-10,12H,1-4H3/q5*+1/i;;;;12D. The van der Waals surface area contributed by atoms with E-state index in [-0.39, 0.29) is 22.2 Å². The highest BCUT2D eigenvalue weighted by atomic mass is 15.3. The van der Waals surface area contributed by atoms with E-state index < -0.39 is 6.02 Å². The molecule has 0 spiro atoms. The second-order valence-electron chi connectivity index (χ2n) is 33.1. The lowest BCUT2D eigenvalue weighted by atomic mass is 9.76. The second-order valence-corrected chi connectivity index (χ2v) is 33.1. The minimum absolute atomic E-state index is 0.0676. The molecule has 10 nitrogen and oxygen atoms in total. The summed E-state index contributed by atoms with van der Waals surface area (Å²) in [6.07, 6.45) is 35.2. The predicted octanol–water partition coefficient (Wildman–Crippen LogP) is 20.8. The molecule has 4 atom stereocenters. The molecular formula is C98H119N10+5. The van der Waals surface area contributed by atoms with E-state index in [4.69, 9.17) is 1.37 Å². The van der Waals surface area contributed by atoms with Gasteiger partial charge in [-0.2, -0.15) is 22.8 Å². The highest BCUT2D eigenvalue weighted by Gasteiger charge is 2.50. The van der Waals surface area contributed by atoms with Crippen LogP contribution in [0, 0.1) is 116 Å². The molecule has 4 unspecified atom stereocenters. The molecule has 5 aliphatic heterocycles. The molecule has 0 bridgehead atoms. The molecule has 2 saturated carbocycles. The Hall–Kier alpha value is -9.93. The Morgan fingerprint density at radius 2 is 0.611 bits per heavy atom. The molecule has 10 heteroatoms. The highest BCUT2D eigenvalue weighted by Crippen LogP contribution is 2.43. The van der Waals surface area contributed by atoms with E-state index in [0.29, 0.717) is 0 Å². The zero-order valence-electron chi connectivity index (χ0n) is 69.7. The third-order valence-corrected chi connectivity index (χ3v) is 25.9.